The number of halogens is 1. The summed E-state index contributed by atoms with van der Waals surface area (Å²) in [6.07, 6.45) is 1.08. The fourth-order valence-corrected chi connectivity index (χ4v) is 2.61. The smallest absolute Gasteiger partial charge is 0.252 e. The highest BCUT2D eigenvalue weighted by Crippen LogP contribution is 2.14. The van der Waals surface area contributed by atoms with E-state index in [9.17, 15) is 9.59 Å². The van der Waals surface area contributed by atoms with Gasteiger partial charge in [-0.25, -0.2) is 0 Å². The lowest BCUT2D eigenvalue weighted by atomic mass is 10.1. The van der Waals surface area contributed by atoms with Crippen LogP contribution in [0.3, 0.4) is 0 Å². The number of H-pyrrole nitrogens is 1. The Morgan fingerprint density at radius 2 is 2.14 bits per heavy atom. The van der Waals surface area contributed by atoms with Crippen molar-refractivity contribution in [3.05, 3.63) is 46.2 Å². The van der Waals surface area contributed by atoms with Crippen LogP contribution in [0.5, 0.6) is 0 Å². The Labute approximate surface area is 128 Å². The quantitative estimate of drug-likeness (QED) is 0.800. The summed E-state index contributed by atoms with van der Waals surface area (Å²) in [6, 6.07) is 8.71. The zero-order valence-corrected chi connectivity index (χ0v) is 12.3. The lowest BCUT2D eigenvalue weighted by molar-refractivity contribution is 0.0949. The lowest BCUT2D eigenvalue weighted by Gasteiger charge is -2.11. The van der Waals surface area contributed by atoms with Gasteiger partial charge in [0.25, 0.3) is 5.91 Å². The highest BCUT2D eigenvalue weighted by Gasteiger charge is 2.17. The molecule has 2 aromatic rings. The zero-order chi connectivity index (χ0) is 13.9. The highest BCUT2D eigenvalue weighted by molar-refractivity contribution is 6.05. The second-order valence-electron chi connectivity index (χ2n) is 5.16. The van der Waals surface area contributed by atoms with Crippen LogP contribution in [0, 0.1) is 5.92 Å². The number of benzene rings is 1. The molecule has 0 spiro atoms. The minimum Gasteiger partial charge on any atom is -0.352 e. The van der Waals surface area contributed by atoms with Crippen LogP contribution >= 0.6 is 12.4 Å². The monoisotopic (exact) mass is 307 g/mol. The Balaban J connectivity index is 0.00000161. The molecule has 1 aromatic carbocycles. The number of rotatable bonds is 3. The van der Waals surface area contributed by atoms with E-state index >= 15 is 0 Å². The topological polar surface area (TPSA) is 74.0 Å². The van der Waals surface area contributed by atoms with Gasteiger partial charge in [0.15, 0.2) is 0 Å². The van der Waals surface area contributed by atoms with E-state index in [1.54, 1.807) is 6.07 Å². The number of aromatic amines is 1. The van der Waals surface area contributed by atoms with Crippen molar-refractivity contribution in [2.75, 3.05) is 19.6 Å². The van der Waals surface area contributed by atoms with Crippen molar-refractivity contribution in [2.24, 2.45) is 5.92 Å². The molecule has 1 unspecified atom stereocenters. The Hall–Kier alpha value is -1.85. The number of amides is 1. The standard InChI is InChI=1S/C15H17N3O2.ClH/c19-14-7-12(11-3-1-2-4-13(11)18-14)15(20)17-9-10-5-6-16-8-10;/h1-4,7,10,16H,5-6,8-9H2,(H,17,20)(H,18,19);1H. The molecule has 1 aliphatic heterocycles. The molecule has 1 aliphatic rings. The highest BCUT2D eigenvalue weighted by atomic mass is 35.5. The van der Waals surface area contributed by atoms with Gasteiger partial charge in [0.1, 0.15) is 0 Å². The average Bonchev–Trinajstić information content (AvgIpc) is 2.97. The van der Waals surface area contributed by atoms with Gasteiger partial charge in [0.05, 0.1) is 5.56 Å². The van der Waals surface area contributed by atoms with Crippen molar-refractivity contribution in [3.63, 3.8) is 0 Å². The van der Waals surface area contributed by atoms with Crippen LogP contribution in [-0.4, -0.2) is 30.5 Å². The molecule has 1 atom stereocenters. The van der Waals surface area contributed by atoms with Gasteiger partial charge in [-0.3, -0.25) is 9.59 Å². The normalized spacial score (nSPS) is 17.4. The van der Waals surface area contributed by atoms with Crippen LogP contribution in [0.2, 0.25) is 0 Å². The minimum absolute atomic E-state index is 0. The van der Waals surface area contributed by atoms with Gasteiger partial charge in [0.2, 0.25) is 5.56 Å². The van der Waals surface area contributed by atoms with Crippen LogP contribution in [-0.2, 0) is 0 Å². The number of fused-ring (bicyclic) bond motifs is 1. The molecular formula is C15H18ClN3O2. The van der Waals surface area contributed by atoms with Gasteiger partial charge in [-0.05, 0) is 31.5 Å². The number of hydrogen-bond donors (Lipinski definition) is 3. The molecule has 21 heavy (non-hydrogen) atoms. The zero-order valence-electron chi connectivity index (χ0n) is 11.5. The third-order valence-corrected chi connectivity index (χ3v) is 3.71. The molecule has 1 amide bonds. The molecule has 3 N–H and O–H groups in total. The minimum atomic E-state index is -0.253. The number of pyridine rings is 1. The van der Waals surface area contributed by atoms with Crippen LogP contribution < -0.4 is 16.2 Å². The van der Waals surface area contributed by atoms with Crippen LogP contribution in [0.25, 0.3) is 10.9 Å². The largest absolute Gasteiger partial charge is 0.352 e. The summed E-state index contributed by atoms with van der Waals surface area (Å²) in [5.41, 5.74) is 0.874. The van der Waals surface area contributed by atoms with Crippen LogP contribution in [0.4, 0.5) is 0 Å². The molecule has 0 bridgehead atoms. The van der Waals surface area contributed by atoms with Crippen LogP contribution in [0.15, 0.2) is 35.1 Å². The Bertz CT molecular complexity index is 693. The van der Waals surface area contributed by atoms with E-state index in [1.165, 1.54) is 6.07 Å². The summed E-state index contributed by atoms with van der Waals surface area (Å²) < 4.78 is 0. The number of aromatic nitrogens is 1. The first-order valence-corrected chi connectivity index (χ1v) is 6.85. The molecule has 6 heteroatoms. The number of para-hydroxylation sites is 1. The van der Waals surface area contributed by atoms with E-state index in [0.717, 1.165) is 24.9 Å². The Morgan fingerprint density at radius 3 is 2.90 bits per heavy atom. The average molecular weight is 308 g/mol. The molecule has 112 valence electrons. The van der Waals surface area contributed by atoms with Gasteiger partial charge >= 0.3 is 0 Å². The fourth-order valence-electron chi connectivity index (χ4n) is 2.61. The van der Waals surface area contributed by atoms with E-state index in [-0.39, 0.29) is 23.9 Å². The second-order valence-corrected chi connectivity index (χ2v) is 5.16. The summed E-state index contributed by atoms with van der Waals surface area (Å²) >= 11 is 0. The van der Waals surface area contributed by atoms with E-state index in [1.807, 2.05) is 18.2 Å². The summed E-state index contributed by atoms with van der Waals surface area (Å²) in [4.78, 5) is 26.6. The first kappa shape index (κ1) is 15.5. The molecule has 1 fully saturated rings. The Morgan fingerprint density at radius 1 is 1.33 bits per heavy atom. The summed E-state index contributed by atoms with van der Waals surface area (Å²) in [6.45, 7) is 2.60. The summed E-state index contributed by atoms with van der Waals surface area (Å²) in [7, 11) is 0. The van der Waals surface area contributed by atoms with Crippen molar-refractivity contribution in [1.29, 1.82) is 0 Å². The van der Waals surface area contributed by atoms with Crippen molar-refractivity contribution < 1.29 is 4.79 Å². The van der Waals surface area contributed by atoms with Crippen LogP contribution in [0.1, 0.15) is 16.8 Å². The van der Waals surface area contributed by atoms with Crippen molar-refractivity contribution in [3.8, 4) is 0 Å². The molecule has 1 saturated heterocycles. The molecule has 0 saturated carbocycles. The maximum absolute atomic E-state index is 12.3. The van der Waals surface area contributed by atoms with E-state index in [2.05, 4.69) is 15.6 Å². The molecule has 2 heterocycles. The first-order valence-electron chi connectivity index (χ1n) is 6.85. The van der Waals surface area contributed by atoms with Crippen molar-refractivity contribution >= 4 is 29.2 Å². The van der Waals surface area contributed by atoms with Gasteiger partial charge in [-0.1, -0.05) is 18.2 Å². The fraction of sp³-hybridized carbons (Fsp3) is 0.333. The maximum atomic E-state index is 12.3. The molecule has 0 radical (unpaired) electrons. The third kappa shape index (κ3) is 3.43. The number of nitrogens with one attached hydrogen (secondary N) is 3. The van der Waals surface area contributed by atoms with Gasteiger partial charge in [-0.15, -0.1) is 12.4 Å². The second kappa shape index (κ2) is 6.74. The lowest BCUT2D eigenvalue weighted by Crippen LogP contribution is -2.31. The number of hydrogen-bond acceptors (Lipinski definition) is 3. The summed E-state index contributed by atoms with van der Waals surface area (Å²) in [5, 5.41) is 6.97. The molecule has 0 aliphatic carbocycles. The third-order valence-electron chi connectivity index (χ3n) is 3.71. The van der Waals surface area contributed by atoms with E-state index in [0.29, 0.717) is 23.5 Å². The van der Waals surface area contributed by atoms with E-state index < -0.39 is 0 Å². The molecular weight excluding hydrogens is 290 g/mol. The number of carbonyl (C=O) groups excluding carboxylic acids is 1. The predicted molar refractivity (Wildman–Crippen MR) is 85.1 cm³/mol. The Kier molecular flexibility index (Phi) is 4.98. The SMILES string of the molecule is Cl.O=C(NCC1CCNC1)c1cc(=O)[nH]c2ccccc12. The first-order chi connectivity index (χ1) is 9.74. The van der Waals surface area contributed by atoms with Crippen molar-refractivity contribution in [1.82, 2.24) is 15.6 Å². The maximum Gasteiger partial charge on any atom is 0.252 e. The molecule has 3 rings (SSSR count). The number of carbonyl (C=O) groups is 1. The van der Waals surface area contributed by atoms with Gasteiger partial charge in [0, 0.05) is 23.5 Å². The molecule has 5 nitrogen and oxygen atoms in total. The molecule has 1 aromatic heterocycles. The van der Waals surface area contributed by atoms with Crippen molar-refractivity contribution in [2.45, 2.75) is 6.42 Å². The van der Waals surface area contributed by atoms with Gasteiger partial charge < -0.3 is 15.6 Å². The van der Waals surface area contributed by atoms with Gasteiger partial charge in [-0.2, -0.15) is 0 Å². The predicted octanol–water partition coefficient (Wildman–Crippen LogP) is 1.29. The summed E-state index contributed by atoms with van der Waals surface area (Å²) in [5.74, 6) is 0.298. The van der Waals surface area contributed by atoms with E-state index in [4.69, 9.17) is 0 Å².